The summed E-state index contributed by atoms with van der Waals surface area (Å²) in [5.41, 5.74) is -0.482. The normalized spacial score (nSPS) is 19.6. The Kier molecular flexibility index (Phi) is 4.08. The van der Waals surface area contributed by atoms with Gasteiger partial charge >= 0.3 is 6.03 Å². The van der Waals surface area contributed by atoms with Gasteiger partial charge in [0.15, 0.2) is 5.78 Å². The van der Waals surface area contributed by atoms with E-state index in [2.05, 4.69) is 5.32 Å². The quantitative estimate of drug-likeness (QED) is 0.554. The number of hydrogen-bond acceptors (Lipinski definition) is 4. The average Bonchev–Trinajstić information content (AvgIpc) is 3.19. The first-order valence-corrected chi connectivity index (χ1v) is 9.44. The Balaban J connectivity index is 1.68. The molecule has 1 aliphatic heterocycles. The molecule has 0 spiro atoms. The van der Waals surface area contributed by atoms with Gasteiger partial charge in [0.1, 0.15) is 5.54 Å². The van der Waals surface area contributed by atoms with E-state index in [4.69, 9.17) is 0 Å². The standard InChI is InChI=1S/C21H18N2O3S/c1-13-10-11-18(27-13)17(24)12-23-19(25)21(2,22-20(23)26)16-9-5-7-14-6-3-4-8-15(14)16/h3-11H,12H2,1-2H3,(H,22,26). The Morgan fingerprint density at radius 2 is 1.81 bits per heavy atom. The molecule has 1 N–H and O–H groups in total. The first kappa shape index (κ1) is 17.4. The van der Waals surface area contributed by atoms with E-state index in [0.29, 0.717) is 4.88 Å². The highest BCUT2D eigenvalue weighted by Crippen LogP contribution is 2.34. The number of hydrogen-bond donors (Lipinski definition) is 1. The first-order valence-electron chi connectivity index (χ1n) is 8.62. The van der Waals surface area contributed by atoms with Gasteiger partial charge in [-0.2, -0.15) is 0 Å². The molecule has 5 nitrogen and oxygen atoms in total. The fraction of sp³-hybridized carbons (Fsp3) is 0.190. The van der Waals surface area contributed by atoms with Crippen LogP contribution in [0.4, 0.5) is 4.79 Å². The van der Waals surface area contributed by atoms with Crippen LogP contribution in [-0.4, -0.2) is 29.2 Å². The fourth-order valence-corrected chi connectivity index (χ4v) is 4.29. The molecule has 27 heavy (non-hydrogen) atoms. The second-order valence-corrected chi connectivity index (χ2v) is 8.09. The third-order valence-corrected chi connectivity index (χ3v) is 5.96. The number of carbonyl (C=O) groups excluding carboxylic acids is 3. The maximum Gasteiger partial charge on any atom is 0.325 e. The Morgan fingerprint density at radius 3 is 2.56 bits per heavy atom. The number of aryl methyl sites for hydroxylation is 1. The Morgan fingerprint density at radius 1 is 1.07 bits per heavy atom. The highest BCUT2D eigenvalue weighted by molar-refractivity contribution is 7.14. The molecule has 0 bridgehead atoms. The number of amides is 3. The molecule has 1 unspecified atom stereocenters. The molecule has 0 saturated carbocycles. The zero-order valence-corrected chi connectivity index (χ0v) is 15.8. The van der Waals surface area contributed by atoms with Crippen LogP contribution in [0.3, 0.4) is 0 Å². The number of thiophene rings is 1. The third-order valence-electron chi connectivity index (χ3n) is 4.92. The van der Waals surface area contributed by atoms with Gasteiger partial charge in [-0.15, -0.1) is 11.3 Å². The number of Topliss-reactive ketones (excluding diaryl/α,β-unsaturated/α-hetero) is 1. The largest absolute Gasteiger partial charge is 0.325 e. The smallest absolute Gasteiger partial charge is 0.319 e. The number of benzene rings is 2. The molecule has 1 saturated heterocycles. The molecule has 1 aromatic heterocycles. The van der Waals surface area contributed by atoms with Crippen molar-refractivity contribution in [3.8, 4) is 0 Å². The monoisotopic (exact) mass is 378 g/mol. The van der Waals surface area contributed by atoms with E-state index in [1.54, 1.807) is 13.0 Å². The molecule has 6 heteroatoms. The van der Waals surface area contributed by atoms with Crippen LogP contribution < -0.4 is 5.32 Å². The van der Waals surface area contributed by atoms with Gasteiger partial charge in [0.2, 0.25) is 0 Å². The maximum absolute atomic E-state index is 13.1. The van der Waals surface area contributed by atoms with Crippen molar-refractivity contribution in [3.63, 3.8) is 0 Å². The van der Waals surface area contributed by atoms with Crippen molar-refractivity contribution in [1.82, 2.24) is 10.2 Å². The highest BCUT2D eigenvalue weighted by atomic mass is 32.1. The number of fused-ring (bicyclic) bond motifs is 1. The maximum atomic E-state index is 13.1. The zero-order valence-electron chi connectivity index (χ0n) is 15.0. The lowest BCUT2D eigenvalue weighted by Gasteiger charge is -2.24. The molecule has 3 aromatic rings. The van der Waals surface area contributed by atoms with Crippen molar-refractivity contribution in [2.45, 2.75) is 19.4 Å². The van der Waals surface area contributed by atoms with Gasteiger partial charge < -0.3 is 5.32 Å². The molecule has 0 radical (unpaired) electrons. The number of nitrogens with zero attached hydrogens (tertiary/aromatic N) is 1. The predicted molar refractivity (Wildman–Crippen MR) is 105 cm³/mol. The number of rotatable bonds is 4. The van der Waals surface area contributed by atoms with Crippen LogP contribution in [0.15, 0.2) is 54.6 Å². The van der Waals surface area contributed by atoms with Gasteiger partial charge in [-0.05, 0) is 42.3 Å². The molecule has 0 aliphatic carbocycles. The minimum absolute atomic E-state index is 0.237. The topological polar surface area (TPSA) is 66.5 Å². The van der Waals surface area contributed by atoms with E-state index in [1.807, 2.05) is 55.5 Å². The zero-order chi connectivity index (χ0) is 19.2. The van der Waals surface area contributed by atoms with Crippen LogP contribution in [0.5, 0.6) is 0 Å². The molecule has 1 atom stereocenters. The van der Waals surface area contributed by atoms with Gasteiger partial charge in [-0.1, -0.05) is 42.5 Å². The second-order valence-electron chi connectivity index (χ2n) is 6.81. The van der Waals surface area contributed by atoms with E-state index < -0.39 is 17.5 Å². The van der Waals surface area contributed by atoms with Gasteiger partial charge in [-0.25, -0.2) is 4.79 Å². The average molecular weight is 378 g/mol. The number of urea groups is 1. The molecule has 2 aromatic carbocycles. The van der Waals surface area contributed by atoms with Gasteiger partial charge in [0.05, 0.1) is 11.4 Å². The Bertz CT molecular complexity index is 1080. The van der Waals surface area contributed by atoms with Crippen LogP contribution >= 0.6 is 11.3 Å². The van der Waals surface area contributed by atoms with Crippen LogP contribution in [0, 0.1) is 6.92 Å². The lowest BCUT2D eigenvalue weighted by molar-refractivity contribution is -0.130. The molecule has 1 aliphatic rings. The summed E-state index contributed by atoms with van der Waals surface area (Å²) < 4.78 is 0. The molecular weight excluding hydrogens is 360 g/mol. The summed E-state index contributed by atoms with van der Waals surface area (Å²) >= 11 is 1.36. The summed E-state index contributed by atoms with van der Waals surface area (Å²) in [7, 11) is 0. The lowest BCUT2D eigenvalue weighted by atomic mass is 9.88. The molecule has 1 fully saturated rings. The van der Waals surface area contributed by atoms with Crippen LogP contribution in [0.2, 0.25) is 0 Å². The van der Waals surface area contributed by atoms with E-state index in [1.165, 1.54) is 11.3 Å². The summed E-state index contributed by atoms with van der Waals surface area (Å²) in [5, 5.41) is 4.68. The third kappa shape index (κ3) is 2.82. The SMILES string of the molecule is Cc1ccc(C(=O)CN2C(=O)NC(C)(c3cccc4ccccc34)C2=O)s1. The summed E-state index contributed by atoms with van der Waals surface area (Å²) in [4.78, 5) is 40.7. The molecule has 3 amide bonds. The summed E-state index contributed by atoms with van der Waals surface area (Å²) in [6, 6.07) is 16.4. The molecular formula is C21H18N2O3S. The number of nitrogens with one attached hydrogen (secondary N) is 1. The molecule has 2 heterocycles. The Labute approximate surface area is 160 Å². The van der Waals surface area contributed by atoms with Gasteiger partial charge in [0.25, 0.3) is 5.91 Å². The summed E-state index contributed by atoms with van der Waals surface area (Å²) in [6.07, 6.45) is 0. The lowest BCUT2D eigenvalue weighted by Crippen LogP contribution is -2.41. The number of imide groups is 1. The van der Waals surface area contributed by atoms with Crippen molar-refractivity contribution < 1.29 is 14.4 Å². The Hall–Kier alpha value is -2.99. The van der Waals surface area contributed by atoms with E-state index >= 15 is 0 Å². The fourth-order valence-electron chi connectivity index (χ4n) is 3.49. The van der Waals surface area contributed by atoms with Crippen molar-refractivity contribution in [1.29, 1.82) is 0 Å². The van der Waals surface area contributed by atoms with Crippen LogP contribution in [0.25, 0.3) is 10.8 Å². The van der Waals surface area contributed by atoms with Crippen molar-refractivity contribution in [3.05, 3.63) is 69.9 Å². The van der Waals surface area contributed by atoms with E-state index in [-0.39, 0.29) is 12.3 Å². The second kappa shape index (κ2) is 6.32. The van der Waals surface area contributed by atoms with E-state index in [0.717, 1.165) is 26.1 Å². The molecule has 4 rings (SSSR count). The molecule has 136 valence electrons. The van der Waals surface area contributed by atoms with Gasteiger partial charge in [0, 0.05) is 4.88 Å². The highest BCUT2D eigenvalue weighted by Gasteiger charge is 2.50. The summed E-state index contributed by atoms with van der Waals surface area (Å²) in [6.45, 7) is 3.34. The van der Waals surface area contributed by atoms with Crippen LogP contribution in [-0.2, 0) is 10.3 Å². The minimum atomic E-state index is -1.20. The predicted octanol–water partition coefficient (Wildman–Crippen LogP) is 3.86. The number of carbonyl (C=O) groups is 3. The summed E-state index contributed by atoms with van der Waals surface area (Å²) in [5.74, 6) is -0.649. The van der Waals surface area contributed by atoms with Crippen molar-refractivity contribution in [2.24, 2.45) is 0 Å². The number of ketones is 1. The van der Waals surface area contributed by atoms with Crippen molar-refractivity contribution in [2.75, 3.05) is 6.54 Å². The van der Waals surface area contributed by atoms with Crippen LogP contribution in [0.1, 0.15) is 27.0 Å². The first-order chi connectivity index (χ1) is 12.9. The van der Waals surface area contributed by atoms with Crippen molar-refractivity contribution >= 4 is 39.8 Å². The van der Waals surface area contributed by atoms with E-state index in [9.17, 15) is 14.4 Å². The minimum Gasteiger partial charge on any atom is -0.319 e. The van der Waals surface area contributed by atoms with Gasteiger partial charge in [-0.3, -0.25) is 14.5 Å².